The molecular formula is C7H8I2N2. The van der Waals surface area contributed by atoms with Gasteiger partial charge in [0.1, 0.15) is 9.52 Å². The molecule has 0 aromatic carbocycles. The molecule has 0 bridgehead atoms. The van der Waals surface area contributed by atoms with Crippen molar-refractivity contribution in [2.75, 3.05) is 12.4 Å². The van der Waals surface area contributed by atoms with Gasteiger partial charge in [-0.15, -0.1) is 0 Å². The Morgan fingerprint density at radius 1 is 1.45 bits per heavy atom. The lowest BCUT2D eigenvalue weighted by molar-refractivity contribution is 1.18. The van der Waals surface area contributed by atoms with Crippen molar-refractivity contribution in [1.82, 2.24) is 4.98 Å². The maximum absolute atomic E-state index is 4.32. The van der Waals surface area contributed by atoms with Crippen LogP contribution in [-0.4, -0.2) is 12.0 Å². The van der Waals surface area contributed by atoms with E-state index in [9.17, 15) is 0 Å². The third-order valence-electron chi connectivity index (χ3n) is 1.41. The summed E-state index contributed by atoms with van der Waals surface area (Å²) >= 11 is 4.56. The zero-order valence-corrected chi connectivity index (χ0v) is 10.6. The lowest BCUT2D eigenvalue weighted by atomic mass is 10.3. The Kier molecular flexibility index (Phi) is 3.35. The first kappa shape index (κ1) is 9.50. The van der Waals surface area contributed by atoms with Crippen molar-refractivity contribution in [2.45, 2.75) is 6.92 Å². The van der Waals surface area contributed by atoms with Crippen molar-refractivity contribution in [2.24, 2.45) is 0 Å². The molecule has 0 radical (unpaired) electrons. The van der Waals surface area contributed by atoms with Gasteiger partial charge in [-0.3, -0.25) is 0 Å². The predicted molar refractivity (Wildman–Crippen MR) is 64.0 cm³/mol. The first-order valence-corrected chi connectivity index (χ1v) is 5.31. The van der Waals surface area contributed by atoms with Crippen molar-refractivity contribution >= 4 is 51.0 Å². The van der Waals surface area contributed by atoms with Gasteiger partial charge in [0.15, 0.2) is 0 Å². The van der Waals surface area contributed by atoms with E-state index in [0.717, 1.165) is 9.52 Å². The molecule has 0 aliphatic carbocycles. The number of anilines is 1. The highest BCUT2D eigenvalue weighted by atomic mass is 127. The standard InChI is InChI=1S/C7H8I2N2/c1-4-5(8)3-6(10-2)11-7(4)9/h3H,1-2H3,(H,10,11). The number of rotatable bonds is 1. The molecular weight excluding hydrogens is 366 g/mol. The summed E-state index contributed by atoms with van der Waals surface area (Å²) < 4.78 is 2.32. The Hall–Kier alpha value is 0.410. The molecule has 1 N–H and O–H groups in total. The number of aromatic nitrogens is 1. The number of hydrogen-bond donors (Lipinski definition) is 1. The van der Waals surface area contributed by atoms with Crippen LogP contribution in [0.25, 0.3) is 0 Å². The quantitative estimate of drug-likeness (QED) is 0.604. The highest BCUT2D eigenvalue weighted by Crippen LogP contribution is 2.19. The zero-order valence-electron chi connectivity index (χ0n) is 6.28. The van der Waals surface area contributed by atoms with Crippen molar-refractivity contribution in [3.8, 4) is 0 Å². The number of halogens is 2. The second-order valence-electron chi connectivity index (χ2n) is 2.16. The highest BCUT2D eigenvalue weighted by molar-refractivity contribution is 14.1. The molecule has 0 spiro atoms. The topological polar surface area (TPSA) is 24.9 Å². The summed E-state index contributed by atoms with van der Waals surface area (Å²) in [5.41, 5.74) is 1.25. The summed E-state index contributed by atoms with van der Waals surface area (Å²) in [6.45, 7) is 2.08. The minimum atomic E-state index is 0.935. The molecule has 1 heterocycles. The Labute approximate surface area is 93.5 Å². The summed E-state index contributed by atoms with van der Waals surface area (Å²) in [6.07, 6.45) is 0. The first-order valence-electron chi connectivity index (χ1n) is 3.15. The van der Waals surface area contributed by atoms with Crippen LogP contribution >= 0.6 is 45.2 Å². The zero-order chi connectivity index (χ0) is 8.43. The maximum atomic E-state index is 4.32. The molecule has 1 aromatic rings. The smallest absolute Gasteiger partial charge is 0.127 e. The van der Waals surface area contributed by atoms with E-state index in [1.807, 2.05) is 13.1 Å². The second kappa shape index (κ2) is 3.88. The van der Waals surface area contributed by atoms with Crippen LogP contribution in [0.4, 0.5) is 5.82 Å². The summed E-state index contributed by atoms with van der Waals surface area (Å²) in [5, 5.41) is 3.02. The molecule has 4 heteroatoms. The van der Waals surface area contributed by atoms with Crippen molar-refractivity contribution in [3.05, 3.63) is 18.9 Å². The summed E-state index contributed by atoms with van der Waals surface area (Å²) in [6, 6.07) is 2.04. The molecule has 11 heavy (non-hydrogen) atoms. The fourth-order valence-corrected chi connectivity index (χ4v) is 2.29. The first-order chi connectivity index (χ1) is 5.15. The molecule has 0 unspecified atom stereocenters. The molecule has 0 fully saturated rings. The van der Waals surface area contributed by atoms with E-state index in [2.05, 4.69) is 62.4 Å². The molecule has 0 aliphatic rings. The largest absolute Gasteiger partial charge is 0.373 e. The van der Waals surface area contributed by atoms with Gasteiger partial charge in [-0.25, -0.2) is 4.98 Å². The van der Waals surface area contributed by atoms with E-state index >= 15 is 0 Å². The second-order valence-corrected chi connectivity index (χ2v) is 4.34. The summed E-state index contributed by atoms with van der Waals surface area (Å²) in [7, 11) is 1.88. The van der Waals surface area contributed by atoms with Crippen LogP contribution in [-0.2, 0) is 0 Å². The van der Waals surface area contributed by atoms with Crippen LogP contribution in [0, 0.1) is 14.2 Å². The lowest BCUT2D eigenvalue weighted by Gasteiger charge is -2.04. The summed E-state index contributed by atoms with van der Waals surface area (Å²) in [5.74, 6) is 0.935. The molecule has 0 aliphatic heterocycles. The third-order valence-corrected chi connectivity index (χ3v) is 3.58. The van der Waals surface area contributed by atoms with Crippen LogP contribution in [0.5, 0.6) is 0 Å². The van der Waals surface area contributed by atoms with Gasteiger partial charge >= 0.3 is 0 Å². The number of hydrogen-bond acceptors (Lipinski definition) is 2. The highest BCUT2D eigenvalue weighted by Gasteiger charge is 2.02. The third kappa shape index (κ3) is 2.17. The van der Waals surface area contributed by atoms with Gasteiger partial charge in [0.05, 0.1) is 0 Å². The molecule has 0 amide bonds. The number of pyridine rings is 1. The van der Waals surface area contributed by atoms with Gasteiger partial charge in [0.2, 0.25) is 0 Å². The minimum absolute atomic E-state index is 0.935. The molecule has 60 valence electrons. The normalized spacial score (nSPS) is 9.82. The van der Waals surface area contributed by atoms with E-state index in [0.29, 0.717) is 0 Å². The van der Waals surface area contributed by atoms with E-state index in [-0.39, 0.29) is 0 Å². The van der Waals surface area contributed by atoms with Gasteiger partial charge in [-0.05, 0) is 63.7 Å². The van der Waals surface area contributed by atoms with Gasteiger partial charge in [0, 0.05) is 10.6 Å². The van der Waals surface area contributed by atoms with Gasteiger partial charge in [-0.2, -0.15) is 0 Å². The lowest BCUT2D eigenvalue weighted by Crippen LogP contribution is -1.97. The minimum Gasteiger partial charge on any atom is -0.373 e. The van der Waals surface area contributed by atoms with E-state index in [1.54, 1.807) is 0 Å². The Bertz CT molecular complexity index is 250. The number of nitrogens with zero attached hydrogens (tertiary/aromatic N) is 1. The van der Waals surface area contributed by atoms with Crippen LogP contribution < -0.4 is 5.32 Å². The van der Waals surface area contributed by atoms with Gasteiger partial charge < -0.3 is 5.32 Å². The van der Waals surface area contributed by atoms with Crippen LogP contribution in [0.15, 0.2) is 6.07 Å². The Morgan fingerprint density at radius 3 is 2.55 bits per heavy atom. The Morgan fingerprint density at radius 2 is 2.09 bits per heavy atom. The van der Waals surface area contributed by atoms with Gasteiger partial charge in [0.25, 0.3) is 0 Å². The van der Waals surface area contributed by atoms with Crippen molar-refractivity contribution in [3.63, 3.8) is 0 Å². The van der Waals surface area contributed by atoms with Crippen LogP contribution in [0.2, 0.25) is 0 Å². The fourth-order valence-electron chi connectivity index (χ4n) is 0.677. The predicted octanol–water partition coefficient (Wildman–Crippen LogP) is 2.64. The maximum Gasteiger partial charge on any atom is 0.127 e. The average Bonchev–Trinajstić information content (AvgIpc) is 1.99. The monoisotopic (exact) mass is 374 g/mol. The molecule has 0 saturated heterocycles. The van der Waals surface area contributed by atoms with Gasteiger partial charge in [-0.1, -0.05) is 0 Å². The Balaban J connectivity index is 3.21. The molecule has 0 saturated carbocycles. The van der Waals surface area contributed by atoms with Crippen LogP contribution in [0.3, 0.4) is 0 Å². The van der Waals surface area contributed by atoms with E-state index in [4.69, 9.17) is 0 Å². The van der Waals surface area contributed by atoms with Crippen molar-refractivity contribution < 1.29 is 0 Å². The molecule has 1 rings (SSSR count). The average molecular weight is 374 g/mol. The molecule has 2 nitrogen and oxygen atoms in total. The number of nitrogens with one attached hydrogen (secondary N) is 1. The van der Waals surface area contributed by atoms with E-state index in [1.165, 1.54) is 9.13 Å². The molecule has 0 atom stereocenters. The van der Waals surface area contributed by atoms with Crippen molar-refractivity contribution in [1.29, 1.82) is 0 Å². The fraction of sp³-hybridized carbons (Fsp3) is 0.286. The van der Waals surface area contributed by atoms with Crippen LogP contribution in [0.1, 0.15) is 5.56 Å². The SMILES string of the molecule is CNc1cc(I)c(C)c(I)n1. The molecule has 1 aromatic heterocycles. The van der Waals surface area contributed by atoms with E-state index < -0.39 is 0 Å². The summed E-state index contributed by atoms with van der Waals surface area (Å²) in [4.78, 5) is 4.32.